The van der Waals surface area contributed by atoms with Gasteiger partial charge in [-0.05, 0) is 25.7 Å². The molecule has 0 spiro atoms. The number of amides is 2. The molecule has 4 rings (SSSR count). The third kappa shape index (κ3) is 3.64. The lowest BCUT2D eigenvalue weighted by Crippen LogP contribution is -2.56. The number of carbonyl (C=O) groups is 1. The number of aliphatic imine (C=N–C) groups is 1. The number of likely N-dealkylation sites (tertiary alicyclic amines) is 1. The fraction of sp³-hybridized carbons (Fsp3) is 0.706. The van der Waals surface area contributed by atoms with E-state index in [9.17, 15) is 4.79 Å². The van der Waals surface area contributed by atoms with Crippen molar-refractivity contribution in [2.24, 2.45) is 4.99 Å². The van der Waals surface area contributed by atoms with Crippen LogP contribution in [0, 0.1) is 11.3 Å². The van der Waals surface area contributed by atoms with Gasteiger partial charge in [0.05, 0.1) is 6.04 Å². The summed E-state index contributed by atoms with van der Waals surface area (Å²) < 4.78 is 5.42. The van der Waals surface area contributed by atoms with Crippen LogP contribution in [0.1, 0.15) is 25.7 Å². The van der Waals surface area contributed by atoms with E-state index >= 15 is 0 Å². The Hall–Kier alpha value is -2.18. The molecular formula is C17H24ClN7O2. The molecule has 1 atom stereocenters. The van der Waals surface area contributed by atoms with Crippen LogP contribution in [-0.4, -0.2) is 78.2 Å². The average molecular weight is 394 g/mol. The van der Waals surface area contributed by atoms with Crippen LogP contribution < -0.4 is 10.9 Å². The Morgan fingerprint density at radius 3 is 2.56 bits per heavy atom. The van der Waals surface area contributed by atoms with Gasteiger partial charge in [-0.3, -0.25) is 10.9 Å². The standard InChI is InChI=1S/C17H24ClN7O2/c18-15-14(10-19)21-22-16(20-15)23-5-1-2-13(11-23)25-7-6-24(17(25)26)12-3-8-27-9-4-12/h12-13,21H,1-9,11H2,(H,20,22). The Balaban J connectivity index is 1.41. The summed E-state index contributed by atoms with van der Waals surface area (Å²) in [5.41, 5.74) is 5.91. The molecule has 0 aliphatic carbocycles. The number of hydrazine groups is 1. The molecule has 1 unspecified atom stereocenters. The van der Waals surface area contributed by atoms with Crippen LogP contribution in [-0.2, 0) is 4.74 Å². The number of nitriles is 1. The molecule has 27 heavy (non-hydrogen) atoms. The number of urea groups is 1. The first-order valence-electron chi connectivity index (χ1n) is 9.48. The summed E-state index contributed by atoms with van der Waals surface area (Å²) in [5.74, 6) is 0.594. The van der Waals surface area contributed by atoms with E-state index in [2.05, 4.69) is 20.7 Å². The molecule has 2 N–H and O–H groups in total. The van der Waals surface area contributed by atoms with Crippen molar-refractivity contribution in [1.82, 2.24) is 25.6 Å². The number of nitrogens with zero attached hydrogens (tertiary/aromatic N) is 5. The third-order valence-corrected chi connectivity index (χ3v) is 5.94. The van der Waals surface area contributed by atoms with Crippen molar-refractivity contribution in [3.63, 3.8) is 0 Å². The first-order chi connectivity index (χ1) is 13.2. The van der Waals surface area contributed by atoms with E-state index in [0.717, 1.165) is 58.5 Å². The molecule has 0 radical (unpaired) electrons. The van der Waals surface area contributed by atoms with Crippen molar-refractivity contribution in [2.75, 3.05) is 39.4 Å². The van der Waals surface area contributed by atoms with Gasteiger partial charge in [0.15, 0.2) is 10.9 Å². The Morgan fingerprint density at radius 1 is 1.11 bits per heavy atom. The van der Waals surface area contributed by atoms with Crippen molar-refractivity contribution < 1.29 is 9.53 Å². The van der Waals surface area contributed by atoms with Gasteiger partial charge in [0.1, 0.15) is 6.07 Å². The minimum Gasteiger partial charge on any atom is -0.381 e. The summed E-state index contributed by atoms with van der Waals surface area (Å²) in [7, 11) is 0. The maximum absolute atomic E-state index is 13.0. The zero-order valence-corrected chi connectivity index (χ0v) is 15.9. The number of hydrogen-bond acceptors (Lipinski definition) is 7. The fourth-order valence-electron chi connectivity index (χ4n) is 4.22. The van der Waals surface area contributed by atoms with Gasteiger partial charge >= 0.3 is 6.03 Å². The zero-order chi connectivity index (χ0) is 18.8. The fourth-order valence-corrected chi connectivity index (χ4v) is 4.39. The van der Waals surface area contributed by atoms with Crippen LogP contribution in [0.4, 0.5) is 4.79 Å². The Labute approximate surface area is 163 Å². The monoisotopic (exact) mass is 393 g/mol. The number of piperidine rings is 1. The molecular weight excluding hydrogens is 370 g/mol. The van der Waals surface area contributed by atoms with E-state index in [-0.39, 0.29) is 22.9 Å². The van der Waals surface area contributed by atoms with Gasteiger partial charge in [-0.2, -0.15) is 10.3 Å². The van der Waals surface area contributed by atoms with Gasteiger partial charge in [0.2, 0.25) is 5.96 Å². The third-order valence-electron chi connectivity index (χ3n) is 5.66. The average Bonchev–Trinajstić information content (AvgIpc) is 3.10. The van der Waals surface area contributed by atoms with E-state index in [1.807, 2.05) is 15.9 Å². The lowest BCUT2D eigenvalue weighted by atomic mass is 10.0. The Kier molecular flexibility index (Phi) is 5.27. The highest BCUT2D eigenvalue weighted by atomic mass is 35.5. The summed E-state index contributed by atoms with van der Waals surface area (Å²) in [6.45, 7) is 4.58. The minimum atomic E-state index is 0.148. The van der Waals surface area contributed by atoms with Crippen molar-refractivity contribution in [2.45, 2.75) is 37.8 Å². The maximum atomic E-state index is 13.0. The topological polar surface area (TPSA) is 96.2 Å². The number of ether oxygens (including phenoxy) is 1. The molecule has 0 aromatic rings. The molecule has 9 nitrogen and oxygen atoms in total. The molecule has 0 saturated carbocycles. The minimum absolute atomic E-state index is 0.148. The normalized spacial score (nSPS) is 27.3. The predicted molar refractivity (Wildman–Crippen MR) is 99.4 cm³/mol. The molecule has 4 heterocycles. The second-order valence-corrected chi connectivity index (χ2v) is 7.58. The van der Waals surface area contributed by atoms with Gasteiger partial charge < -0.3 is 19.4 Å². The molecule has 2 amide bonds. The lowest BCUT2D eigenvalue weighted by molar-refractivity contribution is 0.0496. The van der Waals surface area contributed by atoms with E-state index < -0.39 is 0 Å². The largest absolute Gasteiger partial charge is 0.381 e. The van der Waals surface area contributed by atoms with Crippen LogP contribution in [0.3, 0.4) is 0 Å². The highest BCUT2D eigenvalue weighted by Gasteiger charge is 2.39. The summed E-state index contributed by atoms with van der Waals surface area (Å²) in [4.78, 5) is 23.4. The molecule has 0 bridgehead atoms. The van der Waals surface area contributed by atoms with E-state index in [1.54, 1.807) is 0 Å². The first kappa shape index (κ1) is 18.2. The van der Waals surface area contributed by atoms with E-state index in [0.29, 0.717) is 18.5 Å². The van der Waals surface area contributed by atoms with Crippen molar-refractivity contribution in [3.05, 3.63) is 10.9 Å². The SMILES string of the molecule is N#CC1=C(Cl)N=C(N2CCCC(N3CCN(C4CCOCC4)C3=O)C2)NN1. The number of nitrogens with one attached hydrogen (secondary N) is 2. The van der Waals surface area contributed by atoms with Crippen molar-refractivity contribution in [1.29, 1.82) is 5.26 Å². The van der Waals surface area contributed by atoms with Crippen LogP contribution in [0.25, 0.3) is 0 Å². The van der Waals surface area contributed by atoms with Crippen molar-refractivity contribution >= 4 is 23.6 Å². The van der Waals surface area contributed by atoms with Gasteiger partial charge in [0.25, 0.3) is 0 Å². The van der Waals surface area contributed by atoms with Gasteiger partial charge in [-0.25, -0.2) is 4.79 Å². The summed E-state index contributed by atoms with van der Waals surface area (Å²) in [6, 6.07) is 2.56. The summed E-state index contributed by atoms with van der Waals surface area (Å²) >= 11 is 6.05. The molecule has 4 aliphatic heterocycles. The highest BCUT2D eigenvalue weighted by Crippen LogP contribution is 2.25. The Bertz CT molecular complexity index is 698. The summed E-state index contributed by atoms with van der Waals surface area (Å²) in [5, 5.41) is 9.12. The van der Waals surface area contributed by atoms with E-state index in [1.165, 1.54) is 0 Å². The number of rotatable bonds is 2. The smallest absolute Gasteiger partial charge is 0.320 e. The van der Waals surface area contributed by atoms with Crippen LogP contribution in [0.15, 0.2) is 15.8 Å². The van der Waals surface area contributed by atoms with Crippen LogP contribution in [0.2, 0.25) is 0 Å². The van der Waals surface area contributed by atoms with Crippen molar-refractivity contribution in [3.8, 4) is 6.07 Å². The van der Waals surface area contributed by atoms with Gasteiger partial charge in [-0.15, -0.1) is 0 Å². The molecule has 3 saturated heterocycles. The second-order valence-electron chi connectivity index (χ2n) is 7.22. The molecule has 10 heteroatoms. The number of allylic oxidation sites excluding steroid dienone is 1. The number of guanidine groups is 1. The zero-order valence-electron chi connectivity index (χ0n) is 15.2. The molecule has 0 aromatic carbocycles. The quantitative estimate of drug-likeness (QED) is 0.672. The molecule has 146 valence electrons. The van der Waals surface area contributed by atoms with Crippen LogP contribution >= 0.6 is 11.6 Å². The van der Waals surface area contributed by atoms with Gasteiger partial charge in [-0.1, -0.05) is 11.6 Å². The number of hydrogen-bond donors (Lipinski definition) is 2. The number of carbonyl (C=O) groups excluding carboxylic acids is 1. The number of halogens is 1. The van der Waals surface area contributed by atoms with E-state index in [4.69, 9.17) is 21.6 Å². The lowest BCUT2D eigenvalue weighted by Gasteiger charge is -2.39. The molecule has 4 aliphatic rings. The molecule has 3 fully saturated rings. The highest BCUT2D eigenvalue weighted by molar-refractivity contribution is 6.30. The second kappa shape index (κ2) is 7.82. The first-order valence-corrected chi connectivity index (χ1v) is 9.85. The molecule has 0 aromatic heterocycles. The predicted octanol–water partition coefficient (Wildman–Crippen LogP) is 0.763. The maximum Gasteiger partial charge on any atom is 0.320 e. The van der Waals surface area contributed by atoms with Gasteiger partial charge in [0, 0.05) is 45.4 Å². The Morgan fingerprint density at radius 2 is 1.85 bits per heavy atom. The van der Waals surface area contributed by atoms with Crippen LogP contribution in [0.5, 0.6) is 0 Å². The summed E-state index contributed by atoms with van der Waals surface area (Å²) in [6.07, 6.45) is 3.81.